The molecule has 1 unspecified atom stereocenters. The minimum absolute atomic E-state index is 0.181. The number of imide groups is 1. The predicted octanol–water partition coefficient (Wildman–Crippen LogP) is 1.51. The van der Waals surface area contributed by atoms with E-state index in [9.17, 15) is 9.59 Å². The van der Waals surface area contributed by atoms with Crippen LogP contribution in [0, 0.1) is 0 Å². The molecular weight excluding hydrogens is 286 g/mol. The molecule has 0 aromatic heterocycles. The molecule has 0 aliphatic carbocycles. The van der Waals surface area contributed by atoms with Crippen LogP contribution in [0.5, 0.6) is 0 Å². The van der Waals surface area contributed by atoms with Crippen LogP contribution < -0.4 is 16.0 Å². The summed E-state index contributed by atoms with van der Waals surface area (Å²) < 4.78 is 0. The fourth-order valence-electron chi connectivity index (χ4n) is 2.74. The van der Waals surface area contributed by atoms with E-state index in [1.807, 2.05) is 12.1 Å². The average molecular weight is 305 g/mol. The van der Waals surface area contributed by atoms with E-state index in [0.717, 1.165) is 43.3 Å². The fraction of sp³-hybridized carbons (Fsp3) is 0.467. The van der Waals surface area contributed by atoms with Gasteiger partial charge in [-0.05, 0) is 37.0 Å². The third-order valence-corrected chi connectivity index (χ3v) is 5.01. The lowest BCUT2D eigenvalue weighted by molar-refractivity contribution is -0.118. The van der Waals surface area contributed by atoms with Crippen molar-refractivity contribution in [2.45, 2.75) is 30.6 Å². The van der Waals surface area contributed by atoms with Crippen molar-refractivity contribution in [2.75, 3.05) is 18.0 Å². The largest absolute Gasteiger partial charge is 0.371 e. The standard InChI is InChI=1S/C15H19N3O2S/c16-11-5-7-18(8-6-11)12-3-1-10(2-4-12)9-13-14(19)17-15(20)21-13/h1-4,11,13H,5-9,16H2,(H,17,19,20). The zero-order valence-corrected chi connectivity index (χ0v) is 12.6. The lowest BCUT2D eigenvalue weighted by Gasteiger charge is -2.32. The van der Waals surface area contributed by atoms with Gasteiger partial charge in [0.2, 0.25) is 5.91 Å². The van der Waals surface area contributed by atoms with Gasteiger partial charge in [0.1, 0.15) is 0 Å². The molecule has 6 heteroatoms. The number of nitrogens with two attached hydrogens (primary N) is 1. The molecule has 0 saturated carbocycles. The molecule has 5 nitrogen and oxygen atoms in total. The van der Waals surface area contributed by atoms with Crippen molar-refractivity contribution in [3.8, 4) is 0 Å². The van der Waals surface area contributed by atoms with Crippen LogP contribution in [0.15, 0.2) is 24.3 Å². The molecule has 1 aromatic rings. The summed E-state index contributed by atoms with van der Waals surface area (Å²) in [6, 6.07) is 8.59. The van der Waals surface area contributed by atoms with Gasteiger partial charge in [0, 0.05) is 24.8 Å². The second-order valence-electron chi connectivity index (χ2n) is 5.58. The number of nitrogens with one attached hydrogen (secondary N) is 1. The van der Waals surface area contributed by atoms with E-state index >= 15 is 0 Å². The van der Waals surface area contributed by atoms with Gasteiger partial charge in [-0.25, -0.2) is 0 Å². The molecule has 2 amide bonds. The number of carbonyl (C=O) groups excluding carboxylic acids is 2. The fourth-order valence-corrected chi connectivity index (χ4v) is 3.60. The third kappa shape index (κ3) is 3.39. The highest BCUT2D eigenvalue weighted by Gasteiger charge is 2.31. The molecule has 3 rings (SSSR count). The van der Waals surface area contributed by atoms with Crippen LogP contribution in [-0.2, 0) is 11.2 Å². The molecule has 2 heterocycles. The lowest BCUT2D eigenvalue weighted by Crippen LogP contribution is -2.39. The Morgan fingerprint density at radius 1 is 1.19 bits per heavy atom. The molecule has 0 spiro atoms. The number of hydrogen-bond donors (Lipinski definition) is 2. The topological polar surface area (TPSA) is 75.4 Å². The van der Waals surface area contributed by atoms with Gasteiger partial charge >= 0.3 is 0 Å². The van der Waals surface area contributed by atoms with Crippen LogP contribution in [0.3, 0.4) is 0 Å². The first-order valence-corrected chi connectivity index (χ1v) is 8.11. The Labute approximate surface area is 128 Å². The molecular formula is C15H19N3O2S. The Balaban J connectivity index is 1.62. The zero-order chi connectivity index (χ0) is 14.8. The van der Waals surface area contributed by atoms with Gasteiger partial charge in [0.05, 0.1) is 5.25 Å². The summed E-state index contributed by atoms with van der Waals surface area (Å²) in [6.07, 6.45) is 2.65. The number of anilines is 1. The minimum Gasteiger partial charge on any atom is -0.371 e. The first-order valence-electron chi connectivity index (χ1n) is 7.23. The number of hydrogen-bond acceptors (Lipinski definition) is 5. The monoisotopic (exact) mass is 305 g/mol. The van der Waals surface area contributed by atoms with Crippen LogP contribution in [0.25, 0.3) is 0 Å². The summed E-state index contributed by atoms with van der Waals surface area (Å²) in [5.41, 5.74) is 8.20. The molecule has 2 aliphatic heterocycles. The van der Waals surface area contributed by atoms with Crippen LogP contribution >= 0.6 is 11.8 Å². The number of rotatable bonds is 3. The van der Waals surface area contributed by atoms with Crippen molar-refractivity contribution in [1.29, 1.82) is 0 Å². The van der Waals surface area contributed by atoms with E-state index in [1.165, 1.54) is 5.69 Å². The van der Waals surface area contributed by atoms with E-state index < -0.39 is 0 Å². The second kappa shape index (κ2) is 6.07. The van der Waals surface area contributed by atoms with Crippen LogP contribution in [-0.4, -0.2) is 35.5 Å². The number of thioether (sulfide) groups is 1. The summed E-state index contributed by atoms with van der Waals surface area (Å²) in [5.74, 6) is -0.181. The van der Waals surface area contributed by atoms with Crippen molar-refractivity contribution in [3.05, 3.63) is 29.8 Å². The number of benzene rings is 1. The van der Waals surface area contributed by atoms with E-state index in [2.05, 4.69) is 22.3 Å². The van der Waals surface area contributed by atoms with Gasteiger partial charge in [-0.2, -0.15) is 0 Å². The van der Waals surface area contributed by atoms with Crippen molar-refractivity contribution >= 4 is 28.6 Å². The highest BCUT2D eigenvalue weighted by Crippen LogP contribution is 2.25. The van der Waals surface area contributed by atoms with Crippen LogP contribution in [0.1, 0.15) is 18.4 Å². The van der Waals surface area contributed by atoms with E-state index in [-0.39, 0.29) is 16.4 Å². The van der Waals surface area contributed by atoms with E-state index in [0.29, 0.717) is 12.5 Å². The number of carbonyl (C=O) groups is 2. The minimum atomic E-state index is -0.295. The Bertz CT molecular complexity index is 538. The van der Waals surface area contributed by atoms with Crippen molar-refractivity contribution in [2.24, 2.45) is 5.73 Å². The number of amides is 2. The predicted molar refractivity (Wildman–Crippen MR) is 84.5 cm³/mol. The van der Waals surface area contributed by atoms with Gasteiger partial charge in [-0.15, -0.1) is 0 Å². The smallest absolute Gasteiger partial charge is 0.286 e. The molecule has 1 atom stereocenters. The quantitative estimate of drug-likeness (QED) is 0.885. The summed E-state index contributed by atoms with van der Waals surface area (Å²) >= 11 is 1.08. The SMILES string of the molecule is NC1CCN(c2ccc(CC3SC(=O)NC3=O)cc2)CC1. The number of piperidine rings is 1. The maximum Gasteiger partial charge on any atom is 0.286 e. The summed E-state index contributed by atoms with van der Waals surface area (Å²) in [7, 11) is 0. The zero-order valence-electron chi connectivity index (χ0n) is 11.7. The van der Waals surface area contributed by atoms with Crippen LogP contribution in [0.4, 0.5) is 10.5 Å². The first kappa shape index (κ1) is 14.4. The molecule has 3 N–H and O–H groups in total. The Morgan fingerprint density at radius 3 is 2.43 bits per heavy atom. The molecule has 2 saturated heterocycles. The van der Waals surface area contributed by atoms with Crippen LogP contribution in [0.2, 0.25) is 0 Å². The van der Waals surface area contributed by atoms with Gasteiger partial charge in [-0.3, -0.25) is 14.9 Å². The lowest BCUT2D eigenvalue weighted by atomic mass is 10.0. The van der Waals surface area contributed by atoms with Gasteiger partial charge in [-0.1, -0.05) is 23.9 Å². The number of nitrogens with zero attached hydrogens (tertiary/aromatic N) is 1. The van der Waals surface area contributed by atoms with Gasteiger partial charge in [0.25, 0.3) is 5.24 Å². The summed E-state index contributed by atoms with van der Waals surface area (Å²) in [4.78, 5) is 25.1. The van der Waals surface area contributed by atoms with Crippen molar-refractivity contribution < 1.29 is 9.59 Å². The molecule has 2 fully saturated rings. The maximum atomic E-state index is 11.6. The van der Waals surface area contributed by atoms with Gasteiger partial charge in [0.15, 0.2) is 0 Å². The molecule has 1 aromatic carbocycles. The molecule has 2 aliphatic rings. The summed E-state index contributed by atoms with van der Waals surface area (Å²) in [5, 5.41) is 1.78. The highest BCUT2D eigenvalue weighted by atomic mass is 32.2. The van der Waals surface area contributed by atoms with E-state index in [4.69, 9.17) is 5.73 Å². The van der Waals surface area contributed by atoms with Crippen molar-refractivity contribution in [3.63, 3.8) is 0 Å². The third-order valence-electron chi connectivity index (χ3n) is 4.03. The van der Waals surface area contributed by atoms with E-state index in [1.54, 1.807) is 0 Å². The molecule has 0 radical (unpaired) electrons. The highest BCUT2D eigenvalue weighted by molar-refractivity contribution is 8.15. The normalized spacial score (nSPS) is 23.5. The van der Waals surface area contributed by atoms with Crippen molar-refractivity contribution in [1.82, 2.24) is 5.32 Å². The van der Waals surface area contributed by atoms with Gasteiger partial charge < -0.3 is 10.6 Å². The Kier molecular flexibility index (Phi) is 4.17. The Morgan fingerprint density at radius 2 is 1.86 bits per heavy atom. The first-order chi connectivity index (χ1) is 10.1. The second-order valence-corrected chi connectivity index (χ2v) is 6.75. The Hall–Kier alpha value is -1.53. The molecule has 21 heavy (non-hydrogen) atoms. The molecule has 112 valence electrons. The summed E-state index contributed by atoms with van der Waals surface area (Å²) in [6.45, 7) is 1.99. The average Bonchev–Trinajstić information content (AvgIpc) is 2.79. The maximum absolute atomic E-state index is 11.6. The molecule has 0 bridgehead atoms.